The Kier molecular flexibility index (Phi) is 4.53. The maximum Gasteiger partial charge on any atom is 0.184 e. The third-order valence-electron chi connectivity index (χ3n) is 3.20. The monoisotopic (exact) mass is 287 g/mol. The quantitative estimate of drug-likeness (QED) is 0.477. The van der Waals surface area contributed by atoms with Crippen LogP contribution in [0, 0.1) is 0 Å². The molecule has 5 unspecified atom stereocenters. The van der Waals surface area contributed by atoms with Gasteiger partial charge in [-0.3, -0.25) is 0 Å². The first-order valence-electron chi connectivity index (χ1n) is 6.69. The molecule has 5 atom stereocenters. The summed E-state index contributed by atoms with van der Waals surface area (Å²) in [6.07, 6.45) is -3.32. The van der Waals surface area contributed by atoms with Crippen LogP contribution in [0.3, 0.4) is 0 Å². The molecular formula is C12H21N3O5. The fourth-order valence-corrected chi connectivity index (χ4v) is 2.58. The van der Waals surface area contributed by atoms with Crippen molar-refractivity contribution < 1.29 is 24.1 Å². The minimum absolute atomic E-state index is 0.0720. The van der Waals surface area contributed by atoms with Crippen LogP contribution < -0.4 is 0 Å². The molecule has 0 bridgehead atoms. The summed E-state index contributed by atoms with van der Waals surface area (Å²) in [4.78, 5) is 2.71. The summed E-state index contributed by atoms with van der Waals surface area (Å²) in [5.41, 5.74) is 8.42. The van der Waals surface area contributed by atoms with Crippen molar-refractivity contribution in [3.05, 3.63) is 10.4 Å². The number of hydrogen-bond acceptors (Lipinski definition) is 6. The minimum atomic E-state index is -1.14. The lowest BCUT2D eigenvalue weighted by Crippen LogP contribution is -2.58. The van der Waals surface area contributed by atoms with Crippen molar-refractivity contribution in [3.63, 3.8) is 0 Å². The van der Waals surface area contributed by atoms with Gasteiger partial charge in [-0.05, 0) is 33.2 Å². The average molecular weight is 287 g/mol. The van der Waals surface area contributed by atoms with Crippen molar-refractivity contribution in [2.45, 2.75) is 70.3 Å². The number of aliphatic hydroxyl groups is 1. The van der Waals surface area contributed by atoms with E-state index in [1.807, 2.05) is 13.8 Å². The predicted molar refractivity (Wildman–Crippen MR) is 68.7 cm³/mol. The van der Waals surface area contributed by atoms with Gasteiger partial charge in [0.25, 0.3) is 0 Å². The van der Waals surface area contributed by atoms with Gasteiger partial charge in [-0.15, -0.1) is 0 Å². The fraction of sp³-hybridized carbons (Fsp3) is 1.00. The van der Waals surface area contributed by atoms with Crippen LogP contribution in [-0.4, -0.2) is 54.2 Å². The smallest absolute Gasteiger partial charge is 0.184 e. The van der Waals surface area contributed by atoms with E-state index in [1.165, 1.54) is 0 Å². The SMILES string of the molecule is CC(C)OC1C(O)OC(CN=[N+]=[N-])C2OC(C)(C)OC12. The van der Waals surface area contributed by atoms with Crippen LogP contribution in [0.4, 0.5) is 0 Å². The van der Waals surface area contributed by atoms with Gasteiger partial charge in [0, 0.05) is 4.91 Å². The van der Waals surface area contributed by atoms with Crippen LogP contribution >= 0.6 is 0 Å². The first kappa shape index (κ1) is 15.5. The second-order valence-corrected chi connectivity index (χ2v) is 5.69. The molecule has 2 aliphatic rings. The molecule has 8 nitrogen and oxygen atoms in total. The zero-order valence-corrected chi connectivity index (χ0v) is 12.1. The molecule has 0 radical (unpaired) electrons. The zero-order valence-electron chi connectivity index (χ0n) is 12.1. The molecule has 1 N–H and O–H groups in total. The Labute approximate surface area is 117 Å². The molecule has 0 aromatic rings. The second-order valence-electron chi connectivity index (χ2n) is 5.69. The molecule has 0 aromatic carbocycles. The predicted octanol–water partition coefficient (Wildman–Crippen LogP) is 1.33. The molecule has 2 saturated heterocycles. The van der Waals surface area contributed by atoms with Crippen LogP contribution in [0.5, 0.6) is 0 Å². The number of hydrogen-bond donors (Lipinski definition) is 1. The number of nitrogens with zero attached hydrogens (tertiary/aromatic N) is 3. The first-order chi connectivity index (χ1) is 9.34. The normalized spacial score (nSPS) is 39.4. The molecule has 20 heavy (non-hydrogen) atoms. The van der Waals surface area contributed by atoms with E-state index in [0.717, 1.165) is 0 Å². The molecule has 0 aliphatic carbocycles. The van der Waals surface area contributed by atoms with Gasteiger partial charge in [-0.1, -0.05) is 5.11 Å². The van der Waals surface area contributed by atoms with Crippen LogP contribution in [0.15, 0.2) is 5.11 Å². The minimum Gasteiger partial charge on any atom is -0.367 e. The first-order valence-corrected chi connectivity index (χ1v) is 6.69. The lowest BCUT2D eigenvalue weighted by molar-refractivity contribution is -0.275. The van der Waals surface area contributed by atoms with E-state index in [2.05, 4.69) is 10.0 Å². The van der Waals surface area contributed by atoms with Gasteiger partial charge >= 0.3 is 0 Å². The number of fused-ring (bicyclic) bond motifs is 1. The topological polar surface area (TPSA) is 106 Å². The van der Waals surface area contributed by atoms with Crippen molar-refractivity contribution >= 4 is 0 Å². The van der Waals surface area contributed by atoms with Crippen molar-refractivity contribution in [2.75, 3.05) is 6.54 Å². The Balaban J connectivity index is 2.19. The van der Waals surface area contributed by atoms with Crippen molar-refractivity contribution in [1.82, 2.24) is 0 Å². The van der Waals surface area contributed by atoms with Crippen LogP contribution in [0.25, 0.3) is 10.4 Å². The van der Waals surface area contributed by atoms with Gasteiger partial charge < -0.3 is 24.1 Å². The highest BCUT2D eigenvalue weighted by molar-refractivity contribution is 4.97. The van der Waals surface area contributed by atoms with Gasteiger partial charge in [0.1, 0.15) is 18.3 Å². The third kappa shape index (κ3) is 3.22. The molecule has 2 aliphatic heterocycles. The maximum absolute atomic E-state index is 10.1. The summed E-state index contributed by atoms with van der Waals surface area (Å²) < 4.78 is 22.8. The molecule has 0 amide bonds. The van der Waals surface area contributed by atoms with E-state index >= 15 is 0 Å². The summed E-state index contributed by atoms with van der Waals surface area (Å²) >= 11 is 0. The lowest BCUT2D eigenvalue weighted by atomic mass is 9.98. The summed E-state index contributed by atoms with van der Waals surface area (Å²) in [7, 11) is 0. The molecule has 0 aromatic heterocycles. The summed E-state index contributed by atoms with van der Waals surface area (Å²) in [6.45, 7) is 7.38. The maximum atomic E-state index is 10.1. The number of ether oxygens (including phenoxy) is 4. The summed E-state index contributed by atoms with van der Waals surface area (Å²) in [5, 5.41) is 13.6. The Hall–Kier alpha value is -0.890. The molecular weight excluding hydrogens is 266 g/mol. The molecule has 2 rings (SSSR count). The standard InChI is InChI=1S/C12H21N3O5/c1-6(2)17-10-9-8(19-12(3,4)20-9)7(5-14-15-13)18-11(10)16/h6-11,16H,5H2,1-4H3. The largest absolute Gasteiger partial charge is 0.367 e. The molecule has 0 spiro atoms. The lowest BCUT2D eigenvalue weighted by Gasteiger charge is -2.40. The highest BCUT2D eigenvalue weighted by atomic mass is 16.8. The van der Waals surface area contributed by atoms with Gasteiger partial charge in [-0.25, -0.2) is 0 Å². The molecule has 2 fully saturated rings. The van der Waals surface area contributed by atoms with Gasteiger partial charge in [0.05, 0.1) is 18.8 Å². The number of rotatable bonds is 4. The molecule has 114 valence electrons. The van der Waals surface area contributed by atoms with Gasteiger partial charge in [-0.2, -0.15) is 0 Å². The van der Waals surface area contributed by atoms with E-state index in [1.54, 1.807) is 13.8 Å². The Morgan fingerprint density at radius 2 is 2.00 bits per heavy atom. The van der Waals surface area contributed by atoms with Crippen molar-refractivity contribution in [2.24, 2.45) is 5.11 Å². The van der Waals surface area contributed by atoms with E-state index in [0.29, 0.717) is 0 Å². The fourth-order valence-electron chi connectivity index (χ4n) is 2.58. The highest BCUT2D eigenvalue weighted by Gasteiger charge is 2.55. The Bertz CT molecular complexity index is 397. The van der Waals surface area contributed by atoms with Crippen LogP contribution in [0.1, 0.15) is 27.7 Å². The van der Waals surface area contributed by atoms with E-state index in [4.69, 9.17) is 24.5 Å². The molecule has 2 heterocycles. The van der Waals surface area contributed by atoms with Crippen LogP contribution in [0.2, 0.25) is 0 Å². The van der Waals surface area contributed by atoms with E-state index in [9.17, 15) is 5.11 Å². The third-order valence-corrected chi connectivity index (χ3v) is 3.20. The highest BCUT2D eigenvalue weighted by Crippen LogP contribution is 2.38. The van der Waals surface area contributed by atoms with Crippen molar-refractivity contribution in [1.29, 1.82) is 0 Å². The van der Waals surface area contributed by atoms with E-state index in [-0.39, 0.29) is 12.6 Å². The molecule has 8 heteroatoms. The number of azide groups is 1. The Morgan fingerprint density at radius 3 is 2.60 bits per heavy atom. The zero-order chi connectivity index (χ0) is 14.9. The van der Waals surface area contributed by atoms with Gasteiger partial charge in [0.2, 0.25) is 0 Å². The average Bonchev–Trinajstić information content (AvgIpc) is 2.66. The summed E-state index contributed by atoms with van der Waals surface area (Å²) in [5.74, 6) is -0.796. The van der Waals surface area contributed by atoms with E-state index < -0.39 is 36.5 Å². The van der Waals surface area contributed by atoms with Gasteiger partial charge in [0.15, 0.2) is 12.1 Å². The number of aliphatic hydroxyl groups excluding tert-OH is 1. The Morgan fingerprint density at radius 1 is 1.35 bits per heavy atom. The molecule has 0 saturated carbocycles. The summed E-state index contributed by atoms with van der Waals surface area (Å²) in [6, 6.07) is 0. The van der Waals surface area contributed by atoms with Crippen molar-refractivity contribution in [3.8, 4) is 0 Å². The van der Waals surface area contributed by atoms with Crippen LogP contribution in [-0.2, 0) is 18.9 Å². The second kappa shape index (κ2) is 5.85.